The molecule has 2 heteroatoms. The van der Waals surface area contributed by atoms with E-state index in [0.29, 0.717) is 5.54 Å². The molecule has 0 aromatic rings. The summed E-state index contributed by atoms with van der Waals surface area (Å²) in [6.45, 7) is 8.74. The molecule has 3 aliphatic rings. The van der Waals surface area contributed by atoms with Gasteiger partial charge in [-0.1, -0.05) is 46.0 Å². The first-order chi connectivity index (χ1) is 9.73. The van der Waals surface area contributed by atoms with Gasteiger partial charge in [0.1, 0.15) is 0 Å². The minimum absolute atomic E-state index is 0.534. The molecule has 2 nitrogen and oxygen atoms in total. The van der Waals surface area contributed by atoms with Crippen LogP contribution in [-0.2, 0) is 0 Å². The highest BCUT2D eigenvalue weighted by molar-refractivity contribution is 5.03. The lowest BCUT2D eigenvalue weighted by Crippen LogP contribution is -2.65. The van der Waals surface area contributed by atoms with Gasteiger partial charge in [-0.15, -0.1) is 0 Å². The molecular weight excluding hydrogens is 244 g/mol. The minimum Gasteiger partial charge on any atom is -0.311 e. The van der Waals surface area contributed by atoms with Crippen molar-refractivity contribution in [2.45, 2.75) is 83.2 Å². The SMILES string of the molecule is CCC(C)C1CN(CC2CCCC2)C2(CCCC2)CN1. The molecule has 1 aliphatic heterocycles. The first-order valence-electron chi connectivity index (χ1n) is 9.22. The summed E-state index contributed by atoms with van der Waals surface area (Å²) in [4.78, 5) is 2.95. The summed E-state index contributed by atoms with van der Waals surface area (Å²) in [5.74, 6) is 1.82. The summed E-state index contributed by atoms with van der Waals surface area (Å²) >= 11 is 0. The lowest BCUT2D eigenvalue weighted by atomic mass is 9.86. The van der Waals surface area contributed by atoms with Crippen molar-refractivity contribution in [2.75, 3.05) is 19.6 Å². The van der Waals surface area contributed by atoms with Crippen molar-refractivity contribution in [1.82, 2.24) is 10.2 Å². The fraction of sp³-hybridized carbons (Fsp3) is 1.00. The van der Waals surface area contributed by atoms with Crippen LogP contribution in [0, 0.1) is 11.8 Å². The predicted molar refractivity (Wildman–Crippen MR) is 86.0 cm³/mol. The average molecular weight is 278 g/mol. The van der Waals surface area contributed by atoms with Crippen molar-refractivity contribution in [3.05, 3.63) is 0 Å². The maximum Gasteiger partial charge on any atom is 0.0334 e. The van der Waals surface area contributed by atoms with Crippen LogP contribution in [0.5, 0.6) is 0 Å². The Kier molecular flexibility index (Phi) is 4.72. The predicted octanol–water partition coefficient (Wildman–Crippen LogP) is 3.81. The van der Waals surface area contributed by atoms with Gasteiger partial charge in [0.15, 0.2) is 0 Å². The maximum absolute atomic E-state index is 3.92. The first-order valence-corrected chi connectivity index (χ1v) is 9.22. The molecule has 0 amide bonds. The van der Waals surface area contributed by atoms with E-state index < -0.39 is 0 Å². The zero-order valence-corrected chi connectivity index (χ0v) is 13.7. The number of nitrogens with one attached hydrogen (secondary N) is 1. The van der Waals surface area contributed by atoms with E-state index in [4.69, 9.17) is 0 Å². The topological polar surface area (TPSA) is 15.3 Å². The molecule has 0 radical (unpaired) electrons. The van der Waals surface area contributed by atoms with Crippen LogP contribution in [0.3, 0.4) is 0 Å². The molecule has 20 heavy (non-hydrogen) atoms. The van der Waals surface area contributed by atoms with E-state index in [1.165, 1.54) is 77.4 Å². The molecule has 1 N–H and O–H groups in total. The van der Waals surface area contributed by atoms with Crippen LogP contribution in [-0.4, -0.2) is 36.1 Å². The van der Waals surface area contributed by atoms with E-state index in [0.717, 1.165) is 17.9 Å². The Morgan fingerprint density at radius 1 is 1.15 bits per heavy atom. The third kappa shape index (κ3) is 2.92. The number of rotatable bonds is 4. The molecule has 3 rings (SSSR count). The Morgan fingerprint density at radius 3 is 2.50 bits per heavy atom. The minimum atomic E-state index is 0.534. The largest absolute Gasteiger partial charge is 0.311 e. The zero-order chi connectivity index (χ0) is 14.0. The van der Waals surface area contributed by atoms with E-state index >= 15 is 0 Å². The second-order valence-electron chi connectivity index (χ2n) is 7.86. The van der Waals surface area contributed by atoms with E-state index in [2.05, 4.69) is 24.1 Å². The molecule has 0 aromatic carbocycles. The van der Waals surface area contributed by atoms with Crippen molar-refractivity contribution < 1.29 is 0 Å². The van der Waals surface area contributed by atoms with Crippen LogP contribution in [0.15, 0.2) is 0 Å². The van der Waals surface area contributed by atoms with Gasteiger partial charge in [0.25, 0.3) is 0 Å². The van der Waals surface area contributed by atoms with Crippen LogP contribution in [0.25, 0.3) is 0 Å². The molecule has 2 aliphatic carbocycles. The Labute approximate surface area is 125 Å². The standard InChI is InChI=1S/C18H34N2/c1-3-15(2)17-13-20(12-16-8-4-5-9-16)18(14-19-17)10-6-7-11-18/h15-17,19H,3-14H2,1-2H3. The molecule has 116 valence electrons. The monoisotopic (exact) mass is 278 g/mol. The molecule has 0 bridgehead atoms. The normalized spacial score (nSPS) is 33.0. The summed E-state index contributed by atoms with van der Waals surface area (Å²) in [7, 11) is 0. The van der Waals surface area contributed by atoms with Gasteiger partial charge < -0.3 is 5.32 Å². The molecule has 2 unspecified atom stereocenters. The lowest BCUT2D eigenvalue weighted by Gasteiger charge is -2.50. The van der Waals surface area contributed by atoms with Gasteiger partial charge in [-0.2, -0.15) is 0 Å². The van der Waals surface area contributed by atoms with Crippen molar-refractivity contribution in [1.29, 1.82) is 0 Å². The summed E-state index contributed by atoms with van der Waals surface area (Å²) in [5, 5.41) is 3.92. The van der Waals surface area contributed by atoms with E-state index in [-0.39, 0.29) is 0 Å². The Balaban J connectivity index is 1.68. The Bertz CT molecular complexity index is 303. The van der Waals surface area contributed by atoms with Gasteiger partial charge in [-0.05, 0) is 37.5 Å². The molecule has 1 heterocycles. The van der Waals surface area contributed by atoms with E-state index in [1.807, 2.05) is 0 Å². The Morgan fingerprint density at radius 2 is 1.85 bits per heavy atom. The second kappa shape index (κ2) is 6.36. The quantitative estimate of drug-likeness (QED) is 0.841. The fourth-order valence-electron chi connectivity index (χ4n) is 4.89. The number of hydrogen-bond donors (Lipinski definition) is 1. The maximum atomic E-state index is 3.92. The van der Waals surface area contributed by atoms with Crippen molar-refractivity contribution in [3.8, 4) is 0 Å². The molecule has 3 fully saturated rings. The number of piperazine rings is 1. The van der Waals surface area contributed by atoms with E-state index in [9.17, 15) is 0 Å². The van der Waals surface area contributed by atoms with Crippen LogP contribution < -0.4 is 5.32 Å². The molecule has 2 atom stereocenters. The molecule has 0 aromatic heterocycles. The van der Waals surface area contributed by atoms with Crippen LogP contribution in [0.2, 0.25) is 0 Å². The van der Waals surface area contributed by atoms with Crippen LogP contribution >= 0.6 is 0 Å². The third-order valence-electron chi connectivity index (χ3n) is 6.60. The van der Waals surface area contributed by atoms with Gasteiger partial charge in [-0.25, -0.2) is 0 Å². The van der Waals surface area contributed by atoms with Gasteiger partial charge >= 0.3 is 0 Å². The second-order valence-corrected chi connectivity index (χ2v) is 7.86. The molecule has 1 spiro atoms. The fourth-order valence-corrected chi connectivity index (χ4v) is 4.89. The van der Waals surface area contributed by atoms with Gasteiger partial charge in [0.2, 0.25) is 0 Å². The molecular formula is C18H34N2. The third-order valence-corrected chi connectivity index (χ3v) is 6.60. The summed E-state index contributed by atoms with van der Waals surface area (Å²) in [5.41, 5.74) is 0.534. The number of hydrogen-bond acceptors (Lipinski definition) is 2. The van der Waals surface area contributed by atoms with Crippen molar-refractivity contribution in [2.24, 2.45) is 11.8 Å². The number of nitrogens with zero attached hydrogens (tertiary/aromatic N) is 1. The lowest BCUT2D eigenvalue weighted by molar-refractivity contribution is 0.0188. The zero-order valence-electron chi connectivity index (χ0n) is 13.7. The van der Waals surface area contributed by atoms with Crippen molar-refractivity contribution >= 4 is 0 Å². The summed E-state index contributed by atoms with van der Waals surface area (Å²) in [6, 6.07) is 0.729. The highest BCUT2D eigenvalue weighted by atomic mass is 15.3. The summed E-state index contributed by atoms with van der Waals surface area (Å²) in [6.07, 6.45) is 13.1. The van der Waals surface area contributed by atoms with E-state index in [1.54, 1.807) is 0 Å². The van der Waals surface area contributed by atoms with Crippen LogP contribution in [0.4, 0.5) is 0 Å². The van der Waals surface area contributed by atoms with Crippen molar-refractivity contribution in [3.63, 3.8) is 0 Å². The smallest absolute Gasteiger partial charge is 0.0334 e. The van der Waals surface area contributed by atoms with Crippen LogP contribution in [0.1, 0.15) is 71.6 Å². The Hall–Kier alpha value is -0.0800. The molecule has 1 saturated heterocycles. The van der Waals surface area contributed by atoms with Gasteiger partial charge in [-0.3, -0.25) is 4.90 Å². The first kappa shape index (κ1) is 14.8. The highest BCUT2D eigenvalue weighted by Gasteiger charge is 2.44. The van der Waals surface area contributed by atoms with Gasteiger partial charge in [0.05, 0.1) is 0 Å². The highest BCUT2D eigenvalue weighted by Crippen LogP contribution is 2.39. The van der Waals surface area contributed by atoms with Gasteiger partial charge in [0, 0.05) is 31.2 Å². The summed E-state index contributed by atoms with van der Waals surface area (Å²) < 4.78 is 0. The average Bonchev–Trinajstić information content (AvgIpc) is 3.13. The molecule has 2 saturated carbocycles.